The summed E-state index contributed by atoms with van der Waals surface area (Å²) in [7, 11) is -1.37. The first-order valence-electron chi connectivity index (χ1n) is 11.8. The summed E-state index contributed by atoms with van der Waals surface area (Å²) in [5.74, 6) is -2.63. The summed E-state index contributed by atoms with van der Waals surface area (Å²) in [6, 6.07) is 7.87. The van der Waals surface area contributed by atoms with Crippen LogP contribution in [0.5, 0.6) is 17.2 Å². The third-order valence-electron chi connectivity index (χ3n) is 5.74. The van der Waals surface area contributed by atoms with Crippen LogP contribution in [0, 0.1) is 0 Å². The highest BCUT2D eigenvalue weighted by Crippen LogP contribution is 2.61. The molecular formula is C26H37O7P. The molecule has 0 heterocycles. The molecule has 0 amide bonds. The predicted molar refractivity (Wildman–Crippen MR) is 135 cm³/mol. The quantitative estimate of drug-likeness (QED) is 0.233. The second-order valence-corrected chi connectivity index (χ2v) is 12.5. The van der Waals surface area contributed by atoms with E-state index in [1.165, 1.54) is 57.0 Å². The van der Waals surface area contributed by atoms with Crippen molar-refractivity contribution in [3.05, 3.63) is 47.5 Å². The Morgan fingerprint density at radius 1 is 0.765 bits per heavy atom. The molecule has 0 spiro atoms. The van der Waals surface area contributed by atoms with Gasteiger partial charge in [-0.15, -0.1) is 5.75 Å². The second kappa shape index (κ2) is 14.5. The molecule has 34 heavy (non-hydrogen) atoms. The first kappa shape index (κ1) is 29.2. The van der Waals surface area contributed by atoms with Gasteiger partial charge in [0.05, 0.1) is 36.9 Å². The van der Waals surface area contributed by atoms with E-state index in [-0.39, 0.29) is 11.3 Å². The number of carboxylic acids is 2. The number of phenolic OH excluding ortho intramolecular Hbond substituents is 2. The van der Waals surface area contributed by atoms with Crippen molar-refractivity contribution in [2.75, 3.05) is 18.5 Å². The lowest BCUT2D eigenvalue weighted by molar-refractivity contribution is -0.268. The number of aromatic carboxylic acids is 2. The van der Waals surface area contributed by atoms with Crippen molar-refractivity contribution in [3.8, 4) is 17.2 Å². The number of aromatic hydroxyl groups is 2. The summed E-state index contributed by atoms with van der Waals surface area (Å²) in [5.41, 5.74) is -0.868. The van der Waals surface area contributed by atoms with Crippen molar-refractivity contribution >= 4 is 24.5 Å². The number of rotatable bonds is 12. The Morgan fingerprint density at radius 2 is 1.26 bits per heavy atom. The Balaban J connectivity index is 0.000000380. The zero-order valence-electron chi connectivity index (χ0n) is 20.3. The van der Waals surface area contributed by atoms with Gasteiger partial charge in [0.2, 0.25) is 0 Å². The van der Waals surface area contributed by atoms with Gasteiger partial charge in [-0.05, 0) is 37.5 Å². The van der Waals surface area contributed by atoms with Crippen molar-refractivity contribution in [2.45, 2.75) is 59.3 Å². The van der Waals surface area contributed by atoms with E-state index >= 15 is 0 Å². The Hall–Kier alpha value is -2.79. The Bertz CT molecular complexity index is 921. The third-order valence-corrected chi connectivity index (χ3v) is 10.6. The topological polar surface area (TPSA) is 138 Å². The Kier molecular flexibility index (Phi) is 12.4. The largest absolute Gasteiger partial charge is 0.872 e. The van der Waals surface area contributed by atoms with Crippen LogP contribution in [0.3, 0.4) is 0 Å². The molecule has 0 saturated heterocycles. The van der Waals surface area contributed by atoms with Crippen LogP contribution in [0.2, 0.25) is 0 Å². The van der Waals surface area contributed by atoms with Crippen LogP contribution in [0.4, 0.5) is 0 Å². The van der Waals surface area contributed by atoms with Gasteiger partial charge in [-0.1, -0.05) is 52.2 Å². The van der Waals surface area contributed by atoms with Crippen molar-refractivity contribution in [1.82, 2.24) is 0 Å². The van der Waals surface area contributed by atoms with Crippen molar-refractivity contribution < 1.29 is 35.1 Å². The van der Waals surface area contributed by atoms with E-state index in [4.69, 9.17) is 10.2 Å². The first-order valence-corrected chi connectivity index (χ1v) is 14.1. The van der Waals surface area contributed by atoms with Crippen LogP contribution in [0.1, 0.15) is 80.0 Å². The smallest absolute Gasteiger partial charge is 0.336 e. The molecule has 0 atom stereocenters. The molecular weight excluding hydrogens is 455 g/mol. The summed E-state index contributed by atoms with van der Waals surface area (Å²) in [4.78, 5) is 20.9. The van der Waals surface area contributed by atoms with Gasteiger partial charge in [0.15, 0.2) is 5.75 Å². The summed E-state index contributed by atoms with van der Waals surface area (Å²) < 4.78 is 0. The maximum atomic E-state index is 10.7. The molecule has 7 nitrogen and oxygen atoms in total. The number of hydrogen-bond acceptors (Lipinski definition) is 5. The van der Waals surface area contributed by atoms with Crippen LogP contribution >= 0.6 is 7.26 Å². The standard InChI is InChI=1S/C18H31O2P.C8H6O5/c1-4-7-12-21(13-8-5-2,14-9-6-3)18-15-16(19)10-11-17(18)20;9-4-1-2-5(7(10)11)6(3-4)8(12)13/h10-11,15H,4-9,12-14H2,1-3H3,(H-,19,20);1-3,9H,(H,10,11)(H,12,13). The molecule has 0 saturated carbocycles. The number of unbranched alkanes of at least 4 members (excludes halogenated alkanes) is 3. The lowest BCUT2D eigenvalue weighted by atomic mass is 10.1. The zero-order chi connectivity index (χ0) is 25.7. The van der Waals surface area contributed by atoms with E-state index in [0.29, 0.717) is 5.75 Å². The molecule has 0 aliphatic carbocycles. The summed E-state index contributed by atoms with van der Waals surface area (Å²) in [6.07, 6.45) is 10.9. The van der Waals surface area contributed by atoms with Gasteiger partial charge in [0.1, 0.15) is 11.1 Å². The van der Waals surface area contributed by atoms with E-state index in [9.17, 15) is 24.9 Å². The van der Waals surface area contributed by atoms with Crippen LogP contribution < -0.4 is 10.4 Å². The first-order chi connectivity index (χ1) is 16.1. The average Bonchev–Trinajstić information content (AvgIpc) is 2.80. The molecule has 0 aromatic heterocycles. The molecule has 0 radical (unpaired) electrons. The second-order valence-electron chi connectivity index (χ2n) is 8.37. The van der Waals surface area contributed by atoms with Gasteiger partial charge in [0.25, 0.3) is 0 Å². The van der Waals surface area contributed by atoms with Crippen LogP contribution in [0.25, 0.3) is 0 Å². The fourth-order valence-electron chi connectivity index (χ4n) is 3.86. The fourth-order valence-corrected chi connectivity index (χ4v) is 8.98. The number of carbonyl (C=O) groups is 2. The van der Waals surface area contributed by atoms with E-state index in [1.54, 1.807) is 12.1 Å². The van der Waals surface area contributed by atoms with Gasteiger partial charge in [-0.2, -0.15) is 0 Å². The highest BCUT2D eigenvalue weighted by molar-refractivity contribution is 7.83. The highest BCUT2D eigenvalue weighted by atomic mass is 31.2. The molecule has 0 unspecified atom stereocenters. The monoisotopic (exact) mass is 492 g/mol. The molecule has 0 aliphatic heterocycles. The Morgan fingerprint density at radius 3 is 1.71 bits per heavy atom. The molecule has 0 bridgehead atoms. The average molecular weight is 493 g/mol. The molecule has 0 aliphatic rings. The SMILES string of the molecule is CCCC[P+](CCCC)(CCCC)c1cc(O)ccc1O.O=C(O)c1ccc([O-])cc1C(=O)O. The van der Waals surface area contributed by atoms with Gasteiger partial charge in [0, 0.05) is 6.07 Å². The van der Waals surface area contributed by atoms with Crippen molar-refractivity contribution in [1.29, 1.82) is 0 Å². The number of carboxylic acid groups (broad SMARTS) is 2. The third kappa shape index (κ3) is 8.53. The van der Waals surface area contributed by atoms with E-state index in [0.717, 1.165) is 23.5 Å². The number of benzene rings is 2. The summed E-state index contributed by atoms with van der Waals surface area (Å²) in [6.45, 7) is 6.70. The fraction of sp³-hybridized carbons (Fsp3) is 0.462. The lowest BCUT2D eigenvalue weighted by Crippen LogP contribution is -2.21. The summed E-state index contributed by atoms with van der Waals surface area (Å²) >= 11 is 0. The summed E-state index contributed by atoms with van der Waals surface area (Å²) in [5, 5.41) is 49.1. The molecule has 2 aromatic rings. The number of phenols is 2. The van der Waals surface area contributed by atoms with Crippen LogP contribution in [0.15, 0.2) is 36.4 Å². The molecule has 2 aromatic carbocycles. The zero-order valence-corrected chi connectivity index (χ0v) is 21.2. The Labute approximate surface area is 202 Å². The van der Waals surface area contributed by atoms with Crippen LogP contribution in [-0.2, 0) is 0 Å². The molecule has 4 N–H and O–H groups in total. The molecule has 0 fully saturated rings. The van der Waals surface area contributed by atoms with Crippen molar-refractivity contribution in [2.24, 2.45) is 0 Å². The normalized spacial score (nSPS) is 10.9. The van der Waals surface area contributed by atoms with Gasteiger partial charge in [-0.25, -0.2) is 9.59 Å². The minimum atomic E-state index is -1.42. The van der Waals surface area contributed by atoms with Gasteiger partial charge < -0.3 is 25.5 Å². The minimum Gasteiger partial charge on any atom is -0.872 e. The van der Waals surface area contributed by atoms with Crippen molar-refractivity contribution in [3.63, 3.8) is 0 Å². The van der Waals surface area contributed by atoms with E-state index in [2.05, 4.69) is 20.8 Å². The maximum Gasteiger partial charge on any atom is 0.336 e. The number of hydrogen-bond donors (Lipinski definition) is 4. The minimum absolute atomic E-state index is 0.289. The van der Waals surface area contributed by atoms with E-state index in [1.807, 2.05) is 6.07 Å². The van der Waals surface area contributed by atoms with Gasteiger partial charge >= 0.3 is 11.9 Å². The molecule has 8 heteroatoms. The highest BCUT2D eigenvalue weighted by Gasteiger charge is 2.40. The molecule has 2 rings (SSSR count). The maximum absolute atomic E-state index is 10.7. The van der Waals surface area contributed by atoms with E-state index < -0.39 is 30.5 Å². The van der Waals surface area contributed by atoms with Gasteiger partial charge in [-0.3, -0.25) is 0 Å². The molecule has 188 valence electrons. The van der Waals surface area contributed by atoms with Crippen LogP contribution in [-0.4, -0.2) is 50.9 Å². The lowest BCUT2D eigenvalue weighted by Gasteiger charge is -2.28. The predicted octanol–water partition coefficient (Wildman–Crippen LogP) is 5.30.